The van der Waals surface area contributed by atoms with Gasteiger partial charge in [0.25, 0.3) is 0 Å². The summed E-state index contributed by atoms with van der Waals surface area (Å²) in [6.45, 7) is 10.0. The van der Waals surface area contributed by atoms with E-state index < -0.39 is 0 Å². The molecular weight excluding hydrogens is 270 g/mol. The minimum atomic E-state index is 0.861. The van der Waals surface area contributed by atoms with Crippen molar-refractivity contribution in [2.45, 2.75) is 33.2 Å². The molecule has 0 bridgehead atoms. The van der Waals surface area contributed by atoms with Crippen LogP contribution in [0.25, 0.3) is 10.9 Å². The van der Waals surface area contributed by atoms with Crippen molar-refractivity contribution in [3.8, 4) is 0 Å². The SMILES string of the molecule is CCNCC1CCN(Cc2ccc3nc(C)ccc3c2)CC1. The number of hydrogen-bond donors (Lipinski definition) is 1. The first-order valence-electron chi connectivity index (χ1n) is 8.54. The molecule has 0 aliphatic carbocycles. The topological polar surface area (TPSA) is 28.2 Å². The lowest BCUT2D eigenvalue weighted by Gasteiger charge is -2.32. The van der Waals surface area contributed by atoms with Gasteiger partial charge in [-0.25, -0.2) is 0 Å². The Hall–Kier alpha value is -1.45. The van der Waals surface area contributed by atoms with E-state index >= 15 is 0 Å². The van der Waals surface area contributed by atoms with Crippen molar-refractivity contribution >= 4 is 10.9 Å². The molecule has 0 amide bonds. The van der Waals surface area contributed by atoms with Gasteiger partial charge in [-0.05, 0) is 75.6 Å². The number of fused-ring (bicyclic) bond motifs is 1. The number of benzene rings is 1. The normalized spacial score (nSPS) is 17.2. The molecular formula is C19H27N3. The lowest BCUT2D eigenvalue weighted by atomic mass is 9.96. The highest BCUT2D eigenvalue weighted by Gasteiger charge is 2.18. The Morgan fingerprint density at radius 3 is 2.77 bits per heavy atom. The van der Waals surface area contributed by atoms with Crippen molar-refractivity contribution in [3.63, 3.8) is 0 Å². The van der Waals surface area contributed by atoms with Crippen LogP contribution in [0.1, 0.15) is 31.0 Å². The molecule has 1 aliphatic rings. The molecule has 0 unspecified atom stereocenters. The molecule has 1 fully saturated rings. The average Bonchev–Trinajstić information content (AvgIpc) is 2.54. The molecule has 3 nitrogen and oxygen atoms in total. The maximum absolute atomic E-state index is 4.58. The van der Waals surface area contributed by atoms with Gasteiger partial charge in [-0.3, -0.25) is 9.88 Å². The minimum absolute atomic E-state index is 0.861. The number of rotatable bonds is 5. The van der Waals surface area contributed by atoms with Crippen molar-refractivity contribution < 1.29 is 0 Å². The smallest absolute Gasteiger partial charge is 0.0705 e. The van der Waals surface area contributed by atoms with Crippen LogP contribution < -0.4 is 5.32 Å². The van der Waals surface area contributed by atoms with Crippen LogP contribution in [0.15, 0.2) is 30.3 Å². The molecule has 1 aromatic carbocycles. The van der Waals surface area contributed by atoms with Gasteiger partial charge in [-0.1, -0.05) is 19.1 Å². The summed E-state index contributed by atoms with van der Waals surface area (Å²) in [5.74, 6) is 0.861. The molecule has 0 atom stereocenters. The molecule has 2 heterocycles. The maximum atomic E-state index is 4.58. The minimum Gasteiger partial charge on any atom is -0.317 e. The van der Waals surface area contributed by atoms with Crippen molar-refractivity contribution in [2.24, 2.45) is 5.92 Å². The van der Waals surface area contributed by atoms with Gasteiger partial charge in [-0.2, -0.15) is 0 Å². The van der Waals surface area contributed by atoms with Crippen LogP contribution in [0, 0.1) is 12.8 Å². The third-order valence-electron chi connectivity index (χ3n) is 4.69. The van der Waals surface area contributed by atoms with E-state index in [9.17, 15) is 0 Å². The zero-order valence-corrected chi connectivity index (χ0v) is 13.8. The van der Waals surface area contributed by atoms with E-state index in [1.54, 1.807) is 0 Å². The molecule has 0 saturated carbocycles. The molecule has 1 saturated heterocycles. The maximum Gasteiger partial charge on any atom is 0.0705 e. The summed E-state index contributed by atoms with van der Waals surface area (Å²) in [6, 6.07) is 11.0. The second kappa shape index (κ2) is 7.21. The first-order valence-corrected chi connectivity index (χ1v) is 8.54. The fraction of sp³-hybridized carbons (Fsp3) is 0.526. The van der Waals surface area contributed by atoms with Gasteiger partial charge < -0.3 is 5.32 Å². The number of likely N-dealkylation sites (tertiary alicyclic amines) is 1. The third kappa shape index (κ3) is 3.84. The summed E-state index contributed by atoms with van der Waals surface area (Å²) >= 11 is 0. The quantitative estimate of drug-likeness (QED) is 0.917. The van der Waals surface area contributed by atoms with Crippen LogP contribution in [0.4, 0.5) is 0 Å². The molecule has 3 rings (SSSR count). The molecule has 0 spiro atoms. The summed E-state index contributed by atoms with van der Waals surface area (Å²) < 4.78 is 0. The van der Waals surface area contributed by atoms with Crippen molar-refractivity contribution in [2.75, 3.05) is 26.2 Å². The summed E-state index contributed by atoms with van der Waals surface area (Å²) in [5.41, 5.74) is 3.60. The van der Waals surface area contributed by atoms with E-state index in [1.165, 1.54) is 43.4 Å². The first kappa shape index (κ1) is 15.4. The monoisotopic (exact) mass is 297 g/mol. The van der Waals surface area contributed by atoms with Gasteiger partial charge >= 0.3 is 0 Å². The highest BCUT2D eigenvalue weighted by Crippen LogP contribution is 2.20. The average molecular weight is 297 g/mol. The number of nitrogens with one attached hydrogen (secondary N) is 1. The number of aromatic nitrogens is 1. The molecule has 22 heavy (non-hydrogen) atoms. The van der Waals surface area contributed by atoms with E-state index in [0.29, 0.717) is 0 Å². The van der Waals surface area contributed by atoms with Gasteiger partial charge in [0.2, 0.25) is 0 Å². The molecule has 2 aromatic rings. The van der Waals surface area contributed by atoms with E-state index in [-0.39, 0.29) is 0 Å². The standard InChI is InChI=1S/C19H27N3/c1-3-20-13-16-8-10-22(11-9-16)14-17-5-7-19-18(12-17)6-4-15(2)21-19/h4-7,12,16,20H,3,8-11,13-14H2,1-2H3. The van der Waals surface area contributed by atoms with Gasteiger partial charge in [0.1, 0.15) is 0 Å². The van der Waals surface area contributed by atoms with Gasteiger partial charge in [-0.15, -0.1) is 0 Å². The molecule has 3 heteroatoms. The van der Waals surface area contributed by atoms with E-state index in [1.807, 2.05) is 6.92 Å². The molecule has 118 valence electrons. The number of piperidine rings is 1. The number of pyridine rings is 1. The summed E-state index contributed by atoms with van der Waals surface area (Å²) in [6.07, 6.45) is 2.64. The third-order valence-corrected chi connectivity index (χ3v) is 4.69. The Labute approximate surface area is 133 Å². The Bertz CT molecular complexity index is 615. The fourth-order valence-corrected chi connectivity index (χ4v) is 3.33. The Morgan fingerprint density at radius 2 is 2.00 bits per heavy atom. The van der Waals surface area contributed by atoms with Crippen LogP contribution in [-0.4, -0.2) is 36.1 Å². The second-order valence-corrected chi connectivity index (χ2v) is 6.51. The lowest BCUT2D eigenvalue weighted by molar-refractivity contribution is 0.176. The van der Waals surface area contributed by atoms with Gasteiger partial charge in [0.05, 0.1) is 5.52 Å². The summed E-state index contributed by atoms with van der Waals surface area (Å²) in [7, 11) is 0. The molecule has 1 aliphatic heterocycles. The van der Waals surface area contributed by atoms with E-state index in [4.69, 9.17) is 0 Å². The zero-order chi connectivity index (χ0) is 15.4. The molecule has 1 N–H and O–H groups in total. The largest absolute Gasteiger partial charge is 0.317 e. The highest BCUT2D eigenvalue weighted by atomic mass is 15.1. The highest BCUT2D eigenvalue weighted by molar-refractivity contribution is 5.79. The molecule has 1 aromatic heterocycles. The predicted molar refractivity (Wildman–Crippen MR) is 93.0 cm³/mol. The van der Waals surface area contributed by atoms with Crippen molar-refractivity contribution in [1.82, 2.24) is 15.2 Å². The zero-order valence-electron chi connectivity index (χ0n) is 13.8. The Kier molecular flexibility index (Phi) is 5.06. The van der Waals surface area contributed by atoms with Crippen LogP contribution in [0.2, 0.25) is 0 Å². The van der Waals surface area contributed by atoms with Crippen LogP contribution in [-0.2, 0) is 6.54 Å². The Balaban J connectivity index is 1.59. The van der Waals surface area contributed by atoms with Crippen LogP contribution in [0.3, 0.4) is 0 Å². The van der Waals surface area contributed by atoms with E-state index in [2.05, 4.69) is 52.5 Å². The van der Waals surface area contributed by atoms with Crippen molar-refractivity contribution in [1.29, 1.82) is 0 Å². The molecule has 0 radical (unpaired) electrons. The fourth-order valence-electron chi connectivity index (χ4n) is 3.33. The van der Waals surface area contributed by atoms with E-state index in [0.717, 1.165) is 30.2 Å². The van der Waals surface area contributed by atoms with Gasteiger partial charge in [0, 0.05) is 17.6 Å². The number of nitrogens with zero attached hydrogens (tertiary/aromatic N) is 2. The van der Waals surface area contributed by atoms with Crippen LogP contribution in [0.5, 0.6) is 0 Å². The lowest BCUT2D eigenvalue weighted by Crippen LogP contribution is -2.36. The Morgan fingerprint density at radius 1 is 1.18 bits per heavy atom. The van der Waals surface area contributed by atoms with Gasteiger partial charge in [0.15, 0.2) is 0 Å². The second-order valence-electron chi connectivity index (χ2n) is 6.51. The summed E-state index contributed by atoms with van der Waals surface area (Å²) in [5, 5.41) is 4.74. The van der Waals surface area contributed by atoms with Crippen molar-refractivity contribution in [3.05, 3.63) is 41.6 Å². The van der Waals surface area contributed by atoms with Crippen LogP contribution >= 0.6 is 0 Å². The number of aryl methyl sites for hydroxylation is 1. The summed E-state index contributed by atoms with van der Waals surface area (Å²) in [4.78, 5) is 7.17. The predicted octanol–water partition coefficient (Wildman–Crippen LogP) is 3.36. The number of hydrogen-bond acceptors (Lipinski definition) is 3. The first-order chi connectivity index (χ1) is 10.7.